The molecule has 0 aliphatic carbocycles. The lowest BCUT2D eigenvalue weighted by Crippen LogP contribution is -2.55. The van der Waals surface area contributed by atoms with Gasteiger partial charge >= 0.3 is 5.97 Å². The first kappa shape index (κ1) is 35.2. The number of carbonyl (C=O) groups is 3. The third-order valence-electron chi connectivity index (χ3n) is 8.05. The van der Waals surface area contributed by atoms with E-state index >= 15 is 4.39 Å². The molecule has 0 radical (unpaired) electrons. The third-order valence-corrected chi connectivity index (χ3v) is 8.67. The summed E-state index contributed by atoms with van der Waals surface area (Å²) in [5, 5.41) is 15.6. The van der Waals surface area contributed by atoms with E-state index in [9.17, 15) is 19.5 Å². The van der Waals surface area contributed by atoms with E-state index in [4.69, 9.17) is 20.6 Å². The van der Waals surface area contributed by atoms with E-state index in [-0.39, 0.29) is 30.3 Å². The molecule has 1 aromatic heterocycles. The molecule has 4 aromatic carbocycles. The van der Waals surface area contributed by atoms with Crippen LogP contribution in [0.4, 0.5) is 15.8 Å². The van der Waals surface area contributed by atoms with Gasteiger partial charge in [-0.15, -0.1) is 0 Å². The fourth-order valence-corrected chi connectivity index (χ4v) is 5.71. The quantitative estimate of drug-likeness (QED) is 0.0606. The summed E-state index contributed by atoms with van der Waals surface area (Å²) in [7, 11) is 1.55. The van der Waals surface area contributed by atoms with Crippen molar-refractivity contribution in [2.75, 3.05) is 24.3 Å². The molecular weight excluding hydrogens is 697 g/mol. The number of Topliss-reactive ketones (excluding diaryl/α,β-unsaturated/α-hetero) is 1. The molecule has 0 bridgehead atoms. The Kier molecular flexibility index (Phi) is 11.1. The topological polar surface area (TPSA) is 183 Å². The van der Waals surface area contributed by atoms with E-state index in [0.717, 1.165) is 5.56 Å². The maximum atomic E-state index is 15.1. The molecule has 0 spiro atoms. The zero-order chi connectivity index (χ0) is 35.1. The zero-order valence-electron chi connectivity index (χ0n) is 26.6. The van der Waals surface area contributed by atoms with E-state index in [1.165, 1.54) is 6.07 Å². The molecule has 5 rings (SSSR count). The summed E-state index contributed by atoms with van der Waals surface area (Å²) in [4.78, 5) is 41.9. The summed E-state index contributed by atoms with van der Waals surface area (Å²) in [5.74, 6) is -1.97. The van der Waals surface area contributed by atoms with Gasteiger partial charge in [0.2, 0.25) is 5.89 Å². The number of nitrogens with one attached hydrogen (secondary N) is 2. The summed E-state index contributed by atoms with van der Waals surface area (Å²) < 4.78 is 26.9. The highest BCUT2D eigenvalue weighted by Crippen LogP contribution is 2.29. The van der Waals surface area contributed by atoms with Crippen LogP contribution >= 0.6 is 15.9 Å². The van der Waals surface area contributed by atoms with E-state index in [1.807, 2.05) is 12.1 Å². The minimum atomic E-state index is -2.01. The van der Waals surface area contributed by atoms with Crippen LogP contribution in [0.5, 0.6) is 5.75 Å². The van der Waals surface area contributed by atoms with Crippen LogP contribution in [0.15, 0.2) is 87.8 Å². The Labute approximate surface area is 290 Å². The monoisotopic (exact) mass is 731 g/mol. The molecular formula is C36H35BrFN5O6. The number of nitrogens with two attached hydrogens (primary N) is 2. The third kappa shape index (κ3) is 8.31. The van der Waals surface area contributed by atoms with Gasteiger partial charge in [-0.3, -0.25) is 9.59 Å². The number of anilines is 2. The van der Waals surface area contributed by atoms with E-state index in [2.05, 4.69) is 31.5 Å². The number of aliphatic carboxylic acids is 1. The molecule has 7 N–H and O–H groups in total. The zero-order valence-corrected chi connectivity index (χ0v) is 28.2. The van der Waals surface area contributed by atoms with Gasteiger partial charge < -0.3 is 36.4 Å². The number of ketones is 1. The van der Waals surface area contributed by atoms with Crippen LogP contribution in [-0.4, -0.2) is 46.9 Å². The van der Waals surface area contributed by atoms with Crippen molar-refractivity contribution in [3.05, 3.63) is 106 Å². The van der Waals surface area contributed by atoms with Crippen molar-refractivity contribution in [3.63, 3.8) is 0 Å². The first-order valence-corrected chi connectivity index (χ1v) is 16.2. The normalized spacial score (nSPS) is 12.3. The molecule has 5 aromatic rings. The number of rotatable bonds is 15. The Morgan fingerprint density at radius 3 is 2.43 bits per heavy atom. The summed E-state index contributed by atoms with van der Waals surface area (Å²) >= 11 is 3.38. The Bertz CT molecular complexity index is 2000. The van der Waals surface area contributed by atoms with Crippen LogP contribution in [0.1, 0.15) is 40.7 Å². The smallest absolute Gasteiger partial charge is 0.331 e. The highest BCUT2D eigenvalue weighted by Gasteiger charge is 2.41. The second-order valence-electron chi connectivity index (χ2n) is 11.5. The van der Waals surface area contributed by atoms with Gasteiger partial charge in [-0.25, -0.2) is 14.2 Å². The summed E-state index contributed by atoms with van der Waals surface area (Å²) in [6.45, 7) is 0.710. The largest absolute Gasteiger partial charge is 0.496 e. The number of oxazole rings is 1. The lowest BCUT2D eigenvalue weighted by atomic mass is 9.86. The average Bonchev–Trinajstić information content (AvgIpc) is 3.52. The number of amides is 1. The standard InChI is InChI=1S/C36H35BrFN5O6/c1-48-30-13-8-23(18-26(30)37)33(45)42-25-9-4-21(5-10-25)20-41-28-11-7-24(19-27(28)38)34-43-29-16-22(6-12-31(29)49-34)17-32(44)36(40,35(46)47)14-2-3-15-39/h4-13,16,18-19,41H,2-3,14-15,17,20,39-40H2,1H3,(H,42,45)(H,46,47)/t36-/m0/s1. The predicted octanol–water partition coefficient (Wildman–Crippen LogP) is 6.29. The van der Waals surface area contributed by atoms with Crippen molar-refractivity contribution in [2.45, 2.75) is 37.8 Å². The number of carbonyl (C=O) groups excluding carboxylic acids is 2. The molecule has 0 unspecified atom stereocenters. The van der Waals surface area contributed by atoms with Gasteiger partial charge in [0.25, 0.3) is 5.91 Å². The molecule has 11 nitrogen and oxygen atoms in total. The van der Waals surface area contributed by atoms with E-state index in [0.29, 0.717) is 69.6 Å². The number of carboxylic acids is 1. The van der Waals surface area contributed by atoms with Crippen LogP contribution in [0.2, 0.25) is 0 Å². The minimum Gasteiger partial charge on any atom is -0.496 e. The molecule has 0 aliphatic rings. The highest BCUT2D eigenvalue weighted by molar-refractivity contribution is 9.10. The number of benzene rings is 4. The number of hydrogen-bond donors (Lipinski definition) is 5. The fourth-order valence-electron chi connectivity index (χ4n) is 5.17. The van der Waals surface area contributed by atoms with Crippen molar-refractivity contribution >= 4 is 56.1 Å². The van der Waals surface area contributed by atoms with Crippen molar-refractivity contribution in [1.29, 1.82) is 0 Å². The second kappa shape index (κ2) is 15.4. The van der Waals surface area contributed by atoms with Crippen LogP contribution in [0, 0.1) is 5.82 Å². The van der Waals surface area contributed by atoms with Crippen molar-refractivity contribution < 1.29 is 33.0 Å². The number of aromatic nitrogens is 1. The van der Waals surface area contributed by atoms with E-state index < -0.39 is 23.1 Å². The SMILES string of the molecule is COc1ccc(C(=O)Nc2ccc(CNc3ccc(-c4nc5cc(CC(=O)[C@@](N)(CCCCN)C(=O)O)ccc5o4)cc3F)cc2)cc1Br. The lowest BCUT2D eigenvalue weighted by Gasteiger charge is -2.23. The van der Waals surface area contributed by atoms with Gasteiger partial charge in [0, 0.05) is 29.8 Å². The molecule has 254 valence electrons. The van der Waals surface area contributed by atoms with E-state index in [1.54, 1.807) is 67.8 Å². The maximum absolute atomic E-state index is 15.1. The van der Waals surface area contributed by atoms with Gasteiger partial charge in [0.15, 0.2) is 16.9 Å². The molecule has 1 heterocycles. The first-order valence-electron chi connectivity index (χ1n) is 15.4. The number of ether oxygens (including phenoxy) is 1. The summed E-state index contributed by atoms with van der Waals surface area (Å²) in [6, 6.07) is 21.7. The Morgan fingerprint density at radius 1 is 1.00 bits per heavy atom. The number of halogens is 2. The summed E-state index contributed by atoms with van der Waals surface area (Å²) in [6.07, 6.45) is 0.771. The lowest BCUT2D eigenvalue weighted by molar-refractivity contribution is -0.148. The Hall–Kier alpha value is -5.11. The van der Waals surface area contributed by atoms with Crippen molar-refractivity contribution in [3.8, 4) is 17.2 Å². The number of nitrogens with zero attached hydrogens (tertiary/aromatic N) is 1. The van der Waals surface area contributed by atoms with Gasteiger partial charge in [0.1, 0.15) is 17.1 Å². The number of unbranched alkanes of at least 4 members (excludes halogenated alkanes) is 1. The van der Waals surface area contributed by atoms with Gasteiger partial charge in [-0.1, -0.05) is 18.2 Å². The van der Waals surface area contributed by atoms with Crippen LogP contribution in [0.25, 0.3) is 22.6 Å². The number of fused-ring (bicyclic) bond motifs is 1. The second-order valence-corrected chi connectivity index (χ2v) is 12.3. The van der Waals surface area contributed by atoms with Crippen LogP contribution in [-0.2, 0) is 22.6 Å². The molecule has 1 amide bonds. The molecule has 1 atom stereocenters. The van der Waals surface area contributed by atoms with Gasteiger partial charge in [0.05, 0.1) is 17.3 Å². The molecule has 13 heteroatoms. The number of carboxylic acid groups (broad SMARTS) is 1. The number of hydrogen-bond acceptors (Lipinski definition) is 9. The first-order chi connectivity index (χ1) is 23.5. The summed E-state index contributed by atoms with van der Waals surface area (Å²) in [5.41, 5.74) is 13.5. The molecule has 0 saturated heterocycles. The molecule has 0 saturated carbocycles. The average molecular weight is 733 g/mol. The molecule has 0 fully saturated rings. The van der Waals surface area contributed by atoms with Crippen molar-refractivity contribution in [1.82, 2.24) is 4.98 Å². The maximum Gasteiger partial charge on any atom is 0.331 e. The Balaban J connectivity index is 1.20. The predicted molar refractivity (Wildman–Crippen MR) is 188 cm³/mol. The molecule has 49 heavy (non-hydrogen) atoms. The van der Waals surface area contributed by atoms with Gasteiger partial charge in [-0.2, -0.15) is 0 Å². The number of methoxy groups -OCH3 is 1. The highest BCUT2D eigenvalue weighted by atomic mass is 79.9. The Morgan fingerprint density at radius 2 is 1.76 bits per heavy atom. The van der Waals surface area contributed by atoms with Crippen LogP contribution < -0.4 is 26.8 Å². The van der Waals surface area contributed by atoms with Crippen LogP contribution in [0.3, 0.4) is 0 Å². The van der Waals surface area contributed by atoms with Gasteiger partial charge in [-0.05, 0) is 114 Å². The molecule has 0 aliphatic heterocycles. The minimum absolute atomic E-state index is 0.0122. The van der Waals surface area contributed by atoms with Crippen molar-refractivity contribution in [2.24, 2.45) is 11.5 Å². The fraction of sp³-hybridized carbons (Fsp3) is 0.222.